The number of carbonyl (C=O) groups is 2. The highest BCUT2D eigenvalue weighted by Crippen LogP contribution is 2.21. The van der Waals surface area contributed by atoms with Gasteiger partial charge in [0.1, 0.15) is 5.70 Å². The summed E-state index contributed by atoms with van der Waals surface area (Å²) in [5.41, 5.74) is 4.46. The Bertz CT molecular complexity index is 1230. The number of rotatable bonds is 5. The molecule has 3 aromatic rings. The number of aliphatic carboxylic acids is 1. The third-order valence-corrected chi connectivity index (χ3v) is 5.17. The van der Waals surface area contributed by atoms with Crippen LogP contribution in [0.2, 0.25) is 0 Å². The molecule has 0 aliphatic carbocycles. The van der Waals surface area contributed by atoms with E-state index < -0.39 is 11.9 Å². The number of nitrogens with one attached hydrogen (secondary N) is 1. The molecule has 3 rings (SSSR count). The number of aryl methyl sites for hydroxylation is 4. The number of carboxylic acid groups (broad SMARTS) is 1. The van der Waals surface area contributed by atoms with Gasteiger partial charge in [-0.25, -0.2) is 4.79 Å². The van der Waals surface area contributed by atoms with Gasteiger partial charge in [-0.05, 0) is 60.7 Å². The van der Waals surface area contributed by atoms with Crippen molar-refractivity contribution >= 4 is 18.0 Å². The Morgan fingerprint density at radius 3 is 2.13 bits per heavy atom. The molecule has 6 nitrogen and oxygen atoms in total. The maximum Gasteiger partial charge on any atom is 0.352 e. The summed E-state index contributed by atoms with van der Waals surface area (Å²) in [6.07, 6.45) is 3.11. The van der Waals surface area contributed by atoms with Crippen molar-refractivity contribution in [3.63, 3.8) is 0 Å². The van der Waals surface area contributed by atoms with Gasteiger partial charge in [0.05, 0.1) is 5.56 Å². The molecule has 2 N–H and O–H groups in total. The fraction of sp³-hybridized carbons (Fsp3) is 0.160. The fourth-order valence-electron chi connectivity index (χ4n) is 3.49. The molecule has 6 heteroatoms. The van der Waals surface area contributed by atoms with Crippen LogP contribution >= 0.6 is 0 Å². The molecular weight excluding hydrogens is 392 g/mol. The van der Waals surface area contributed by atoms with E-state index in [-0.39, 0.29) is 11.3 Å². The first kappa shape index (κ1) is 21.8. The van der Waals surface area contributed by atoms with Gasteiger partial charge >= 0.3 is 5.97 Å². The standard InChI is InChI=1S/C25H24N2O4/c1-15-6-5-7-16(2)21(15)23(28)26-20(25(30)31)14-18-8-10-19(11-9-18)22-17(3)12-13-27(4)24(22)29/h5-14H,1-4H3,(H,26,28)(H,30,31)/b20-14-. The van der Waals surface area contributed by atoms with Gasteiger partial charge in [-0.1, -0.05) is 42.5 Å². The quantitative estimate of drug-likeness (QED) is 0.619. The molecule has 0 aliphatic heterocycles. The maximum atomic E-state index is 12.7. The van der Waals surface area contributed by atoms with Gasteiger partial charge in [-0.2, -0.15) is 0 Å². The van der Waals surface area contributed by atoms with Gasteiger partial charge in [0.2, 0.25) is 0 Å². The second kappa shape index (κ2) is 8.83. The van der Waals surface area contributed by atoms with E-state index in [1.54, 1.807) is 63.5 Å². The molecule has 158 valence electrons. The van der Waals surface area contributed by atoms with Crippen molar-refractivity contribution in [3.8, 4) is 11.1 Å². The van der Waals surface area contributed by atoms with Gasteiger partial charge in [0.15, 0.2) is 0 Å². The second-order valence-corrected chi connectivity index (χ2v) is 7.50. The van der Waals surface area contributed by atoms with Gasteiger partial charge in [-0.3, -0.25) is 9.59 Å². The van der Waals surface area contributed by atoms with Crippen LogP contribution in [0.3, 0.4) is 0 Å². The molecule has 31 heavy (non-hydrogen) atoms. The average molecular weight is 416 g/mol. The summed E-state index contributed by atoms with van der Waals surface area (Å²) in [5.74, 6) is -1.71. The molecule has 0 atom stereocenters. The second-order valence-electron chi connectivity index (χ2n) is 7.50. The molecule has 0 radical (unpaired) electrons. The molecule has 0 saturated carbocycles. The maximum absolute atomic E-state index is 12.7. The van der Waals surface area contributed by atoms with Crippen LogP contribution in [0.4, 0.5) is 0 Å². The molecule has 0 unspecified atom stereocenters. The van der Waals surface area contributed by atoms with E-state index in [4.69, 9.17) is 0 Å². The molecule has 1 amide bonds. The molecule has 0 aliphatic rings. The van der Waals surface area contributed by atoms with E-state index in [9.17, 15) is 19.5 Å². The Balaban J connectivity index is 1.92. The van der Waals surface area contributed by atoms with Crippen molar-refractivity contribution in [1.82, 2.24) is 9.88 Å². The zero-order chi connectivity index (χ0) is 22.7. The monoisotopic (exact) mass is 416 g/mol. The highest BCUT2D eigenvalue weighted by atomic mass is 16.4. The van der Waals surface area contributed by atoms with Crippen molar-refractivity contribution in [1.29, 1.82) is 0 Å². The lowest BCUT2D eigenvalue weighted by atomic mass is 10.0. The minimum atomic E-state index is -1.24. The minimum absolute atomic E-state index is 0.101. The Labute approximate surface area is 180 Å². The Morgan fingerprint density at radius 1 is 0.935 bits per heavy atom. The van der Waals surface area contributed by atoms with Crippen LogP contribution < -0.4 is 10.9 Å². The molecule has 1 heterocycles. The highest BCUT2D eigenvalue weighted by Gasteiger charge is 2.17. The van der Waals surface area contributed by atoms with Gasteiger partial charge in [-0.15, -0.1) is 0 Å². The van der Waals surface area contributed by atoms with Crippen molar-refractivity contribution in [3.05, 3.63) is 98.6 Å². The molecule has 0 fully saturated rings. The zero-order valence-corrected chi connectivity index (χ0v) is 17.9. The van der Waals surface area contributed by atoms with E-state index in [2.05, 4.69) is 5.32 Å². The van der Waals surface area contributed by atoms with Crippen LogP contribution in [0, 0.1) is 20.8 Å². The molecule has 0 saturated heterocycles. The molecular formula is C25H24N2O4. The van der Waals surface area contributed by atoms with Crippen LogP contribution in [0.25, 0.3) is 17.2 Å². The largest absolute Gasteiger partial charge is 0.477 e. The zero-order valence-electron chi connectivity index (χ0n) is 17.9. The summed E-state index contributed by atoms with van der Waals surface area (Å²) in [5, 5.41) is 12.1. The predicted octanol–water partition coefficient (Wildman–Crippen LogP) is 3.83. The summed E-state index contributed by atoms with van der Waals surface area (Å²) in [4.78, 5) is 36.9. The number of benzene rings is 2. The molecule has 0 bridgehead atoms. The van der Waals surface area contributed by atoms with E-state index >= 15 is 0 Å². The van der Waals surface area contributed by atoms with E-state index in [1.807, 2.05) is 19.1 Å². The Kier molecular flexibility index (Phi) is 6.20. The lowest BCUT2D eigenvalue weighted by Gasteiger charge is -2.11. The first-order chi connectivity index (χ1) is 14.7. The number of carboxylic acids is 1. The summed E-state index contributed by atoms with van der Waals surface area (Å²) < 4.78 is 1.52. The topological polar surface area (TPSA) is 88.4 Å². The van der Waals surface area contributed by atoms with Crippen LogP contribution in [0.15, 0.2) is 65.2 Å². The van der Waals surface area contributed by atoms with Crippen LogP contribution in [0.5, 0.6) is 0 Å². The van der Waals surface area contributed by atoms with Crippen molar-refractivity contribution in [2.45, 2.75) is 20.8 Å². The van der Waals surface area contributed by atoms with E-state index in [0.717, 1.165) is 22.3 Å². The number of amides is 1. The fourth-order valence-corrected chi connectivity index (χ4v) is 3.49. The SMILES string of the molecule is Cc1cccc(C)c1C(=O)N/C(=C\c1ccc(-c2c(C)ccn(C)c2=O)cc1)C(=O)O. The first-order valence-corrected chi connectivity index (χ1v) is 9.78. The van der Waals surface area contributed by atoms with Gasteiger partial charge in [0, 0.05) is 18.8 Å². The number of carbonyl (C=O) groups excluding carboxylic acids is 1. The summed E-state index contributed by atoms with van der Waals surface area (Å²) >= 11 is 0. The predicted molar refractivity (Wildman–Crippen MR) is 121 cm³/mol. The Morgan fingerprint density at radius 2 is 1.55 bits per heavy atom. The van der Waals surface area contributed by atoms with E-state index in [0.29, 0.717) is 16.7 Å². The first-order valence-electron chi connectivity index (χ1n) is 9.78. The number of hydrogen-bond donors (Lipinski definition) is 2. The minimum Gasteiger partial charge on any atom is -0.477 e. The highest BCUT2D eigenvalue weighted by molar-refractivity contribution is 6.04. The van der Waals surface area contributed by atoms with Gasteiger partial charge in [0.25, 0.3) is 11.5 Å². The van der Waals surface area contributed by atoms with Crippen LogP contribution in [-0.4, -0.2) is 21.6 Å². The Hall–Kier alpha value is -3.93. The number of pyridine rings is 1. The third kappa shape index (κ3) is 4.64. The van der Waals surface area contributed by atoms with Crippen molar-refractivity contribution in [2.24, 2.45) is 7.05 Å². The lowest BCUT2D eigenvalue weighted by Crippen LogP contribution is -2.28. The number of aromatic nitrogens is 1. The lowest BCUT2D eigenvalue weighted by molar-refractivity contribution is -0.132. The van der Waals surface area contributed by atoms with Crippen molar-refractivity contribution < 1.29 is 14.7 Å². The summed E-state index contributed by atoms with van der Waals surface area (Å²) in [6, 6.07) is 14.3. The third-order valence-electron chi connectivity index (χ3n) is 5.17. The van der Waals surface area contributed by atoms with Crippen LogP contribution in [0.1, 0.15) is 32.6 Å². The summed E-state index contributed by atoms with van der Waals surface area (Å²) in [6.45, 7) is 5.48. The molecule has 0 spiro atoms. The molecule has 1 aromatic heterocycles. The average Bonchev–Trinajstić information content (AvgIpc) is 2.71. The van der Waals surface area contributed by atoms with Gasteiger partial charge < -0.3 is 15.0 Å². The van der Waals surface area contributed by atoms with Crippen LogP contribution in [-0.2, 0) is 11.8 Å². The number of nitrogens with zero attached hydrogens (tertiary/aromatic N) is 1. The van der Waals surface area contributed by atoms with E-state index in [1.165, 1.54) is 10.6 Å². The summed E-state index contributed by atoms with van der Waals surface area (Å²) in [7, 11) is 1.69. The number of hydrogen-bond acceptors (Lipinski definition) is 3. The normalized spacial score (nSPS) is 11.3. The van der Waals surface area contributed by atoms with Crippen molar-refractivity contribution in [2.75, 3.05) is 0 Å². The smallest absolute Gasteiger partial charge is 0.352 e. The molecule has 2 aromatic carbocycles.